The normalized spacial score (nSPS) is 13.0. The van der Waals surface area contributed by atoms with Crippen LogP contribution in [-0.4, -0.2) is 4.98 Å². The van der Waals surface area contributed by atoms with Gasteiger partial charge in [-0.1, -0.05) is 42.0 Å². The monoisotopic (exact) mass is 376 g/mol. The van der Waals surface area contributed by atoms with Crippen LogP contribution in [0.4, 0.5) is 13.2 Å². The van der Waals surface area contributed by atoms with Crippen molar-refractivity contribution in [2.75, 3.05) is 0 Å². The third-order valence-corrected chi connectivity index (χ3v) is 5.09. The lowest BCUT2D eigenvalue weighted by Crippen LogP contribution is -2.19. The fraction of sp³-hybridized carbons (Fsp3) is 0.250. The van der Waals surface area contributed by atoms with E-state index in [9.17, 15) is 13.2 Å². The summed E-state index contributed by atoms with van der Waals surface area (Å²) in [7, 11) is 0. The molecule has 3 rings (SSSR count). The number of nitrogens with zero attached hydrogens (tertiary/aromatic N) is 1. The molecule has 2 aromatic carbocycles. The van der Waals surface area contributed by atoms with Crippen molar-refractivity contribution in [2.45, 2.75) is 32.6 Å². The highest BCUT2D eigenvalue weighted by Gasteiger charge is 2.30. The number of benzene rings is 2. The van der Waals surface area contributed by atoms with Crippen molar-refractivity contribution in [3.05, 3.63) is 76.3 Å². The second-order valence-electron chi connectivity index (χ2n) is 6.24. The first kappa shape index (κ1) is 18.6. The summed E-state index contributed by atoms with van der Waals surface area (Å²) in [6, 6.07) is 13.4. The van der Waals surface area contributed by atoms with Crippen molar-refractivity contribution >= 4 is 11.3 Å². The van der Waals surface area contributed by atoms with Crippen molar-refractivity contribution in [3.8, 4) is 10.6 Å². The Morgan fingerprint density at radius 2 is 1.85 bits per heavy atom. The Labute approximate surface area is 154 Å². The van der Waals surface area contributed by atoms with Gasteiger partial charge in [0.1, 0.15) is 5.01 Å². The van der Waals surface area contributed by atoms with Gasteiger partial charge >= 0.3 is 6.18 Å². The van der Waals surface area contributed by atoms with Crippen LogP contribution in [0.1, 0.15) is 35.3 Å². The summed E-state index contributed by atoms with van der Waals surface area (Å²) >= 11 is 1.56. The smallest absolute Gasteiger partial charge is 0.305 e. The summed E-state index contributed by atoms with van der Waals surface area (Å²) in [6.07, 6.45) is -4.33. The number of nitrogens with one attached hydrogen (secondary N) is 1. The Morgan fingerprint density at radius 1 is 1.12 bits per heavy atom. The van der Waals surface area contributed by atoms with E-state index in [2.05, 4.69) is 10.3 Å². The SMILES string of the molecule is Cc1ccc(-c2nc(CNC(C)c3cccc(C(F)(F)F)c3)cs2)cc1. The molecule has 2 nitrogen and oxygen atoms in total. The van der Waals surface area contributed by atoms with Gasteiger partial charge in [-0.15, -0.1) is 11.3 Å². The maximum absolute atomic E-state index is 12.8. The van der Waals surface area contributed by atoms with E-state index in [-0.39, 0.29) is 6.04 Å². The third kappa shape index (κ3) is 4.51. The first-order valence-corrected chi connectivity index (χ1v) is 9.13. The maximum Gasteiger partial charge on any atom is 0.416 e. The summed E-state index contributed by atoms with van der Waals surface area (Å²) < 4.78 is 38.5. The molecule has 0 aliphatic carbocycles. The van der Waals surface area contributed by atoms with Gasteiger partial charge in [-0.25, -0.2) is 4.98 Å². The highest BCUT2D eigenvalue weighted by Crippen LogP contribution is 2.31. The van der Waals surface area contributed by atoms with Crippen molar-refractivity contribution < 1.29 is 13.2 Å². The van der Waals surface area contributed by atoms with Crippen LogP contribution in [0.2, 0.25) is 0 Å². The topological polar surface area (TPSA) is 24.9 Å². The second kappa shape index (κ2) is 7.60. The van der Waals surface area contributed by atoms with Gasteiger partial charge in [0.15, 0.2) is 0 Å². The van der Waals surface area contributed by atoms with Gasteiger partial charge in [0.2, 0.25) is 0 Å². The van der Waals surface area contributed by atoms with E-state index < -0.39 is 11.7 Å². The number of hydrogen-bond donors (Lipinski definition) is 1. The Balaban J connectivity index is 1.65. The zero-order valence-electron chi connectivity index (χ0n) is 14.5. The predicted molar refractivity (Wildman–Crippen MR) is 99.0 cm³/mol. The van der Waals surface area contributed by atoms with Gasteiger partial charge in [0.25, 0.3) is 0 Å². The second-order valence-corrected chi connectivity index (χ2v) is 7.09. The van der Waals surface area contributed by atoms with Gasteiger partial charge in [0, 0.05) is 23.5 Å². The molecule has 1 N–H and O–H groups in total. The van der Waals surface area contributed by atoms with Crippen LogP contribution >= 0.6 is 11.3 Å². The van der Waals surface area contributed by atoms with Gasteiger partial charge in [-0.3, -0.25) is 0 Å². The minimum absolute atomic E-state index is 0.207. The van der Waals surface area contributed by atoms with Gasteiger partial charge in [-0.05, 0) is 31.5 Å². The number of aromatic nitrogens is 1. The molecule has 1 unspecified atom stereocenters. The summed E-state index contributed by atoms with van der Waals surface area (Å²) in [5.74, 6) is 0. The molecular formula is C20H19F3N2S. The van der Waals surface area contributed by atoms with Gasteiger partial charge in [-0.2, -0.15) is 13.2 Å². The first-order valence-electron chi connectivity index (χ1n) is 8.25. The summed E-state index contributed by atoms with van der Waals surface area (Å²) in [6.45, 7) is 4.39. The molecule has 6 heteroatoms. The summed E-state index contributed by atoms with van der Waals surface area (Å²) in [5, 5.41) is 6.16. The maximum atomic E-state index is 12.8. The van der Waals surface area contributed by atoms with Crippen molar-refractivity contribution in [1.82, 2.24) is 10.3 Å². The molecule has 26 heavy (non-hydrogen) atoms. The molecular weight excluding hydrogens is 357 g/mol. The van der Waals surface area contributed by atoms with Crippen molar-refractivity contribution in [3.63, 3.8) is 0 Å². The van der Waals surface area contributed by atoms with Crippen LogP contribution in [0.15, 0.2) is 53.9 Å². The van der Waals surface area contributed by atoms with E-state index in [0.29, 0.717) is 12.1 Å². The van der Waals surface area contributed by atoms with E-state index in [1.165, 1.54) is 17.7 Å². The molecule has 1 atom stereocenters. The molecule has 1 heterocycles. The van der Waals surface area contributed by atoms with Crippen LogP contribution in [-0.2, 0) is 12.7 Å². The molecule has 136 valence electrons. The highest BCUT2D eigenvalue weighted by atomic mass is 32.1. The Morgan fingerprint density at radius 3 is 2.54 bits per heavy atom. The molecule has 0 aliphatic rings. The average molecular weight is 376 g/mol. The lowest BCUT2D eigenvalue weighted by molar-refractivity contribution is -0.137. The molecule has 0 amide bonds. The number of alkyl halides is 3. The zero-order chi connectivity index (χ0) is 18.7. The zero-order valence-corrected chi connectivity index (χ0v) is 15.3. The van der Waals surface area contributed by atoms with E-state index in [1.807, 2.05) is 43.5 Å². The van der Waals surface area contributed by atoms with E-state index in [4.69, 9.17) is 0 Å². The molecule has 0 saturated carbocycles. The third-order valence-electron chi connectivity index (χ3n) is 4.15. The Hall–Kier alpha value is -2.18. The van der Waals surface area contributed by atoms with E-state index in [1.54, 1.807) is 17.4 Å². The molecule has 0 saturated heterocycles. The number of aryl methyl sites for hydroxylation is 1. The number of thiazole rings is 1. The van der Waals surface area contributed by atoms with Crippen molar-refractivity contribution in [2.24, 2.45) is 0 Å². The number of rotatable bonds is 5. The predicted octanol–water partition coefficient (Wildman–Crippen LogP) is 5.99. The number of hydrogen-bond acceptors (Lipinski definition) is 3. The molecule has 3 aromatic rings. The molecule has 0 spiro atoms. The lowest BCUT2D eigenvalue weighted by Gasteiger charge is -2.15. The average Bonchev–Trinajstić information content (AvgIpc) is 3.08. The molecule has 0 fully saturated rings. The van der Waals surface area contributed by atoms with Crippen molar-refractivity contribution in [1.29, 1.82) is 0 Å². The van der Waals surface area contributed by atoms with Crippen LogP contribution in [0.3, 0.4) is 0 Å². The quantitative estimate of drug-likeness (QED) is 0.592. The molecule has 0 bridgehead atoms. The molecule has 0 aliphatic heterocycles. The standard InChI is InChI=1S/C20H19F3N2S/c1-13-6-8-15(9-7-13)19-25-18(12-26-19)11-24-14(2)16-4-3-5-17(10-16)20(21,22)23/h3-10,12,14,24H,11H2,1-2H3. The fourth-order valence-electron chi connectivity index (χ4n) is 2.58. The fourth-order valence-corrected chi connectivity index (χ4v) is 3.40. The first-order chi connectivity index (χ1) is 12.3. The minimum Gasteiger partial charge on any atom is -0.305 e. The molecule has 0 radical (unpaired) electrons. The minimum atomic E-state index is -4.33. The van der Waals surface area contributed by atoms with Gasteiger partial charge < -0.3 is 5.32 Å². The summed E-state index contributed by atoms with van der Waals surface area (Å²) in [4.78, 5) is 4.61. The van der Waals surface area contributed by atoms with Crippen LogP contribution in [0.25, 0.3) is 10.6 Å². The van der Waals surface area contributed by atoms with E-state index in [0.717, 1.165) is 22.3 Å². The Kier molecular flexibility index (Phi) is 5.44. The largest absolute Gasteiger partial charge is 0.416 e. The van der Waals surface area contributed by atoms with Gasteiger partial charge in [0.05, 0.1) is 11.3 Å². The number of halogens is 3. The molecule has 1 aromatic heterocycles. The lowest BCUT2D eigenvalue weighted by atomic mass is 10.0. The highest BCUT2D eigenvalue weighted by molar-refractivity contribution is 7.13. The Bertz CT molecular complexity index is 869. The van der Waals surface area contributed by atoms with Crippen LogP contribution in [0, 0.1) is 6.92 Å². The summed E-state index contributed by atoms with van der Waals surface area (Å²) in [5.41, 5.74) is 3.12. The van der Waals surface area contributed by atoms with E-state index >= 15 is 0 Å². The van der Waals surface area contributed by atoms with Crippen LogP contribution < -0.4 is 5.32 Å². The van der Waals surface area contributed by atoms with Crippen LogP contribution in [0.5, 0.6) is 0 Å².